The molecule has 0 heterocycles. The van der Waals surface area contributed by atoms with Crippen LogP contribution in [-0.4, -0.2) is 7.11 Å². The average molecular weight is 255 g/mol. The van der Waals surface area contributed by atoms with Crippen molar-refractivity contribution in [3.63, 3.8) is 0 Å². The molecule has 1 aromatic carbocycles. The summed E-state index contributed by atoms with van der Waals surface area (Å²) >= 11 is 0. The first kappa shape index (κ1) is 13.4. The quantitative estimate of drug-likeness (QED) is 0.900. The Morgan fingerprint density at radius 2 is 1.89 bits per heavy atom. The number of hydrogen-bond acceptors (Lipinski definition) is 2. The summed E-state index contributed by atoms with van der Waals surface area (Å²) in [4.78, 5) is 0. The van der Waals surface area contributed by atoms with Gasteiger partial charge in [-0.05, 0) is 30.5 Å². The van der Waals surface area contributed by atoms with Gasteiger partial charge in [0.05, 0.1) is 6.61 Å². The number of ether oxygens (including phenoxy) is 1. The highest BCUT2D eigenvalue weighted by molar-refractivity contribution is 5.32. The SMILES string of the molecule is COCc1cc(F)c(F)c(C2(N)CCCCC2)c1. The maximum atomic E-state index is 14.0. The maximum absolute atomic E-state index is 14.0. The van der Waals surface area contributed by atoms with Gasteiger partial charge in [0, 0.05) is 18.2 Å². The van der Waals surface area contributed by atoms with Gasteiger partial charge in [0.2, 0.25) is 0 Å². The minimum Gasteiger partial charge on any atom is -0.380 e. The molecule has 2 nitrogen and oxygen atoms in total. The van der Waals surface area contributed by atoms with Gasteiger partial charge in [-0.3, -0.25) is 0 Å². The van der Waals surface area contributed by atoms with Crippen LogP contribution in [0.3, 0.4) is 0 Å². The van der Waals surface area contributed by atoms with E-state index in [1.807, 2.05) is 0 Å². The summed E-state index contributed by atoms with van der Waals surface area (Å²) in [6, 6.07) is 2.82. The Morgan fingerprint density at radius 3 is 2.50 bits per heavy atom. The predicted molar refractivity (Wildman–Crippen MR) is 66.0 cm³/mol. The zero-order valence-corrected chi connectivity index (χ0v) is 10.6. The largest absolute Gasteiger partial charge is 0.380 e. The molecule has 0 aromatic heterocycles. The van der Waals surface area contributed by atoms with E-state index >= 15 is 0 Å². The Hall–Kier alpha value is -1.00. The third-order valence-corrected chi connectivity index (χ3v) is 3.68. The molecule has 0 aliphatic heterocycles. The fraction of sp³-hybridized carbons (Fsp3) is 0.571. The number of rotatable bonds is 3. The standard InChI is InChI=1S/C14H19F2NO/c1-18-9-10-7-11(13(16)12(15)8-10)14(17)5-3-2-4-6-14/h7-8H,2-6,9,17H2,1H3. The molecular weight excluding hydrogens is 236 g/mol. The molecule has 2 N–H and O–H groups in total. The number of halogens is 2. The van der Waals surface area contributed by atoms with Gasteiger partial charge in [0.15, 0.2) is 11.6 Å². The van der Waals surface area contributed by atoms with E-state index in [1.165, 1.54) is 13.2 Å². The molecule has 1 saturated carbocycles. The van der Waals surface area contributed by atoms with Crippen molar-refractivity contribution in [2.24, 2.45) is 5.73 Å². The fourth-order valence-electron chi connectivity index (χ4n) is 2.71. The van der Waals surface area contributed by atoms with Crippen molar-refractivity contribution in [3.05, 3.63) is 34.9 Å². The molecule has 0 radical (unpaired) electrons. The van der Waals surface area contributed by atoms with Crippen molar-refractivity contribution < 1.29 is 13.5 Å². The van der Waals surface area contributed by atoms with Crippen LogP contribution in [0.5, 0.6) is 0 Å². The summed E-state index contributed by atoms with van der Waals surface area (Å²) in [5.74, 6) is -1.64. The van der Waals surface area contributed by atoms with E-state index in [9.17, 15) is 8.78 Å². The van der Waals surface area contributed by atoms with Gasteiger partial charge in [-0.1, -0.05) is 19.3 Å². The average Bonchev–Trinajstić information content (AvgIpc) is 2.34. The van der Waals surface area contributed by atoms with Crippen LogP contribution in [0.4, 0.5) is 8.78 Å². The second-order valence-electron chi connectivity index (χ2n) is 5.09. The van der Waals surface area contributed by atoms with Crippen LogP contribution < -0.4 is 5.73 Å². The topological polar surface area (TPSA) is 35.2 Å². The van der Waals surface area contributed by atoms with Crippen LogP contribution in [-0.2, 0) is 16.9 Å². The summed E-state index contributed by atoms with van der Waals surface area (Å²) in [6.07, 6.45) is 4.46. The van der Waals surface area contributed by atoms with Crippen LogP contribution in [0.2, 0.25) is 0 Å². The predicted octanol–water partition coefficient (Wildman–Crippen LogP) is 3.23. The fourth-order valence-corrected chi connectivity index (χ4v) is 2.71. The Morgan fingerprint density at radius 1 is 1.22 bits per heavy atom. The first-order valence-electron chi connectivity index (χ1n) is 6.33. The molecule has 0 amide bonds. The van der Waals surface area contributed by atoms with Crippen molar-refractivity contribution in [1.29, 1.82) is 0 Å². The van der Waals surface area contributed by atoms with E-state index in [2.05, 4.69) is 0 Å². The first-order valence-corrected chi connectivity index (χ1v) is 6.33. The van der Waals surface area contributed by atoms with Gasteiger partial charge >= 0.3 is 0 Å². The van der Waals surface area contributed by atoms with E-state index in [1.54, 1.807) is 6.07 Å². The van der Waals surface area contributed by atoms with Crippen LogP contribution >= 0.6 is 0 Å². The van der Waals surface area contributed by atoms with Crippen LogP contribution in [0, 0.1) is 11.6 Å². The lowest BCUT2D eigenvalue weighted by atomic mass is 9.77. The highest BCUT2D eigenvalue weighted by Gasteiger charge is 2.33. The summed E-state index contributed by atoms with van der Waals surface area (Å²) in [5.41, 5.74) is 6.47. The third-order valence-electron chi connectivity index (χ3n) is 3.68. The second kappa shape index (κ2) is 5.33. The lowest BCUT2D eigenvalue weighted by molar-refractivity contribution is 0.184. The van der Waals surface area contributed by atoms with Gasteiger partial charge in [0.25, 0.3) is 0 Å². The number of nitrogens with two attached hydrogens (primary N) is 1. The zero-order valence-electron chi connectivity index (χ0n) is 10.6. The second-order valence-corrected chi connectivity index (χ2v) is 5.09. The van der Waals surface area contributed by atoms with Crippen molar-refractivity contribution in [2.45, 2.75) is 44.2 Å². The Labute approximate surface area is 106 Å². The van der Waals surface area contributed by atoms with E-state index in [0.29, 0.717) is 24.0 Å². The monoisotopic (exact) mass is 255 g/mol. The smallest absolute Gasteiger partial charge is 0.163 e. The Balaban J connectivity index is 2.41. The maximum Gasteiger partial charge on any atom is 0.163 e. The van der Waals surface area contributed by atoms with Crippen molar-refractivity contribution in [2.75, 3.05) is 7.11 Å². The molecule has 1 aliphatic carbocycles. The van der Waals surface area contributed by atoms with Crippen molar-refractivity contribution in [3.8, 4) is 0 Å². The van der Waals surface area contributed by atoms with Crippen LogP contribution in [0.15, 0.2) is 12.1 Å². The molecule has 0 atom stereocenters. The Bertz CT molecular complexity index is 428. The third kappa shape index (κ3) is 2.54. The first-order chi connectivity index (χ1) is 8.57. The molecule has 2 rings (SSSR count). The molecule has 1 aromatic rings. The minimum atomic E-state index is -0.838. The van der Waals surface area contributed by atoms with E-state index < -0.39 is 17.2 Å². The van der Waals surface area contributed by atoms with Gasteiger partial charge in [-0.2, -0.15) is 0 Å². The number of methoxy groups -OCH3 is 1. The Kier molecular flexibility index (Phi) is 3.97. The molecule has 0 unspecified atom stereocenters. The van der Waals surface area contributed by atoms with Gasteiger partial charge in [-0.25, -0.2) is 8.78 Å². The van der Waals surface area contributed by atoms with Gasteiger partial charge < -0.3 is 10.5 Å². The zero-order chi connectivity index (χ0) is 13.2. The van der Waals surface area contributed by atoms with Gasteiger partial charge in [-0.15, -0.1) is 0 Å². The molecule has 1 aliphatic rings. The molecule has 4 heteroatoms. The van der Waals surface area contributed by atoms with Gasteiger partial charge in [0.1, 0.15) is 0 Å². The number of hydrogen-bond donors (Lipinski definition) is 1. The lowest BCUT2D eigenvalue weighted by Gasteiger charge is -2.34. The van der Waals surface area contributed by atoms with Crippen molar-refractivity contribution in [1.82, 2.24) is 0 Å². The van der Waals surface area contributed by atoms with E-state index in [4.69, 9.17) is 10.5 Å². The summed E-state index contributed by atoms with van der Waals surface area (Å²) < 4.78 is 32.5. The molecule has 100 valence electrons. The van der Waals surface area contributed by atoms with E-state index in [0.717, 1.165) is 19.3 Å². The molecule has 18 heavy (non-hydrogen) atoms. The highest BCUT2D eigenvalue weighted by Crippen LogP contribution is 2.37. The normalized spacial score (nSPS) is 18.9. The lowest BCUT2D eigenvalue weighted by Crippen LogP contribution is -2.39. The van der Waals surface area contributed by atoms with E-state index in [-0.39, 0.29) is 6.61 Å². The molecule has 0 spiro atoms. The molecule has 1 fully saturated rings. The molecule has 0 saturated heterocycles. The van der Waals surface area contributed by atoms with Crippen molar-refractivity contribution >= 4 is 0 Å². The molecular formula is C14H19F2NO. The summed E-state index contributed by atoms with van der Waals surface area (Å²) in [5, 5.41) is 0. The summed E-state index contributed by atoms with van der Waals surface area (Å²) in [7, 11) is 1.53. The summed E-state index contributed by atoms with van der Waals surface area (Å²) in [6.45, 7) is 0.264. The number of benzene rings is 1. The molecule has 0 bridgehead atoms. The van der Waals surface area contributed by atoms with Crippen LogP contribution in [0.25, 0.3) is 0 Å². The van der Waals surface area contributed by atoms with Crippen LogP contribution in [0.1, 0.15) is 43.2 Å². The minimum absolute atomic E-state index is 0.264. The highest BCUT2D eigenvalue weighted by atomic mass is 19.2.